The van der Waals surface area contributed by atoms with E-state index in [4.69, 9.17) is 41.6 Å². The minimum absolute atomic E-state index is 0.0231. The maximum atomic E-state index is 12.9. The van der Waals surface area contributed by atoms with Gasteiger partial charge in [-0.1, -0.05) is 23.2 Å². The van der Waals surface area contributed by atoms with E-state index in [-0.39, 0.29) is 30.9 Å². The van der Waals surface area contributed by atoms with Crippen LogP contribution in [0.4, 0.5) is 4.79 Å². The van der Waals surface area contributed by atoms with Gasteiger partial charge in [0.25, 0.3) is 10.1 Å². The van der Waals surface area contributed by atoms with Crippen LogP contribution in [0.2, 0.25) is 10.0 Å². The van der Waals surface area contributed by atoms with E-state index in [2.05, 4.69) is 0 Å². The van der Waals surface area contributed by atoms with Crippen LogP contribution in [0.1, 0.15) is 38.8 Å². The van der Waals surface area contributed by atoms with Crippen molar-refractivity contribution in [2.45, 2.75) is 38.8 Å². The fourth-order valence-electron chi connectivity index (χ4n) is 3.17. The zero-order chi connectivity index (χ0) is 22.7. The molecule has 30 heavy (non-hydrogen) atoms. The Bertz CT molecular complexity index is 870. The Morgan fingerprint density at radius 3 is 2.50 bits per heavy atom. The van der Waals surface area contributed by atoms with Crippen LogP contribution >= 0.6 is 23.2 Å². The third-order valence-electron chi connectivity index (χ3n) is 4.29. The number of nitrogens with zero attached hydrogens (tertiary/aromatic N) is 1. The van der Waals surface area contributed by atoms with Gasteiger partial charge in [-0.2, -0.15) is 8.42 Å². The van der Waals surface area contributed by atoms with Crippen LogP contribution < -0.4 is 4.74 Å². The molecule has 2 rings (SSSR count). The smallest absolute Gasteiger partial charge is 0.410 e. The molecule has 0 aliphatic carbocycles. The molecule has 1 aliphatic heterocycles. The first-order valence-electron chi connectivity index (χ1n) is 9.26. The maximum absolute atomic E-state index is 12.9. The molecule has 11 heteroatoms. The number of carbonyl (C=O) groups excluding carboxylic acids is 1. The van der Waals surface area contributed by atoms with Crippen molar-refractivity contribution in [3.63, 3.8) is 0 Å². The van der Waals surface area contributed by atoms with E-state index in [1.807, 2.05) is 0 Å². The van der Waals surface area contributed by atoms with Crippen LogP contribution in [0, 0.1) is 5.92 Å². The van der Waals surface area contributed by atoms with Gasteiger partial charge >= 0.3 is 6.09 Å². The summed E-state index contributed by atoms with van der Waals surface area (Å²) in [6.45, 7) is 5.42. The van der Waals surface area contributed by atoms with Gasteiger partial charge < -0.3 is 19.1 Å². The van der Waals surface area contributed by atoms with Crippen LogP contribution in [0.25, 0.3) is 0 Å². The Labute approximate surface area is 187 Å². The van der Waals surface area contributed by atoms with E-state index in [1.54, 1.807) is 32.9 Å². The van der Waals surface area contributed by atoms with Crippen LogP contribution in [0.5, 0.6) is 5.75 Å². The first kappa shape index (κ1) is 25.0. The Morgan fingerprint density at radius 2 is 1.93 bits per heavy atom. The number of carbonyl (C=O) groups is 1. The molecule has 0 N–H and O–H groups in total. The van der Waals surface area contributed by atoms with Crippen molar-refractivity contribution >= 4 is 39.4 Å². The zero-order valence-electron chi connectivity index (χ0n) is 17.6. The lowest BCUT2D eigenvalue weighted by Gasteiger charge is -2.30. The molecule has 1 aliphatic rings. The lowest BCUT2D eigenvalue weighted by Crippen LogP contribution is -2.37. The van der Waals surface area contributed by atoms with Crippen molar-refractivity contribution in [1.82, 2.24) is 4.90 Å². The highest BCUT2D eigenvalue weighted by molar-refractivity contribution is 7.85. The number of rotatable bonds is 7. The summed E-state index contributed by atoms with van der Waals surface area (Å²) in [7, 11) is -2.13. The molecule has 1 aromatic rings. The average Bonchev–Trinajstić information content (AvgIpc) is 3.03. The van der Waals surface area contributed by atoms with Crippen LogP contribution in [-0.4, -0.2) is 58.3 Å². The highest BCUT2D eigenvalue weighted by atomic mass is 35.5. The number of likely N-dealkylation sites (tertiary alicyclic amines) is 1. The first-order valence-corrected chi connectivity index (χ1v) is 11.8. The van der Waals surface area contributed by atoms with Crippen molar-refractivity contribution < 1.29 is 31.6 Å². The second-order valence-electron chi connectivity index (χ2n) is 8.06. The van der Waals surface area contributed by atoms with Crippen molar-refractivity contribution in [3.05, 3.63) is 27.7 Å². The molecule has 1 saturated heterocycles. The summed E-state index contributed by atoms with van der Waals surface area (Å²) < 4.78 is 44.0. The Morgan fingerprint density at radius 1 is 1.27 bits per heavy atom. The van der Waals surface area contributed by atoms with E-state index in [0.717, 1.165) is 6.26 Å². The van der Waals surface area contributed by atoms with Crippen molar-refractivity contribution in [3.8, 4) is 5.75 Å². The summed E-state index contributed by atoms with van der Waals surface area (Å²) >= 11 is 12.7. The van der Waals surface area contributed by atoms with E-state index >= 15 is 0 Å². The van der Waals surface area contributed by atoms with E-state index < -0.39 is 27.9 Å². The second kappa shape index (κ2) is 9.91. The molecular formula is C19H27Cl2NO7S. The Kier molecular flexibility index (Phi) is 8.26. The molecule has 0 bridgehead atoms. The quantitative estimate of drug-likeness (QED) is 0.422. The molecule has 0 radical (unpaired) electrons. The number of methoxy groups -OCH3 is 1. The minimum Gasteiger partial charge on any atom is -0.467 e. The van der Waals surface area contributed by atoms with Gasteiger partial charge in [-0.15, -0.1) is 0 Å². The third-order valence-corrected chi connectivity index (χ3v) is 5.67. The van der Waals surface area contributed by atoms with Gasteiger partial charge in [-0.25, -0.2) is 4.79 Å². The Balaban J connectivity index is 2.42. The fraction of sp³-hybridized carbons (Fsp3) is 0.632. The van der Waals surface area contributed by atoms with Gasteiger partial charge in [-0.05, 0) is 39.3 Å². The zero-order valence-corrected chi connectivity index (χ0v) is 19.9. The lowest BCUT2D eigenvalue weighted by atomic mass is 9.99. The molecule has 0 saturated carbocycles. The molecule has 1 fully saturated rings. The molecule has 1 heterocycles. The second-order valence-corrected chi connectivity index (χ2v) is 10.5. The number of benzene rings is 1. The van der Waals surface area contributed by atoms with Crippen molar-refractivity contribution in [2.75, 3.05) is 33.3 Å². The predicted octanol–water partition coefficient (Wildman–Crippen LogP) is 4.25. The maximum Gasteiger partial charge on any atom is 0.410 e. The lowest BCUT2D eigenvalue weighted by molar-refractivity contribution is 0.0209. The van der Waals surface area contributed by atoms with Crippen LogP contribution in [-0.2, 0) is 23.8 Å². The number of halogens is 2. The molecular weight excluding hydrogens is 457 g/mol. The van der Waals surface area contributed by atoms with Crippen molar-refractivity contribution in [2.24, 2.45) is 5.92 Å². The fourth-order valence-corrected chi connectivity index (χ4v) is 4.05. The van der Waals surface area contributed by atoms with E-state index in [1.165, 1.54) is 12.0 Å². The molecule has 2 atom stereocenters. The number of amides is 1. The summed E-state index contributed by atoms with van der Waals surface area (Å²) in [4.78, 5) is 14.4. The van der Waals surface area contributed by atoms with Gasteiger partial charge in [0.05, 0.1) is 28.9 Å². The van der Waals surface area contributed by atoms with Gasteiger partial charge in [0, 0.05) is 25.1 Å². The molecule has 0 aromatic heterocycles. The van der Waals surface area contributed by atoms with E-state index in [0.29, 0.717) is 22.8 Å². The molecule has 8 nitrogen and oxygen atoms in total. The largest absolute Gasteiger partial charge is 0.467 e. The van der Waals surface area contributed by atoms with Crippen molar-refractivity contribution in [1.29, 1.82) is 0 Å². The highest BCUT2D eigenvalue weighted by Gasteiger charge is 2.41. The molecule has 1 amide bonds. The number of hydrogen-bond acceptors (Lipinski definition) is 7. The summed E-state index contributed by atoms with van der Waals surface area (Å²) in [6.07, 6.45) is 0.816. The summed E-state index contributed by atoms with van der Waals surface area (Å²) in [6, 6.07) is 2.69. The van der Waals surface area contributed by atoms with E-state index in [9.17, 15) is 13.2 Å². The summed E-state index contributed by atoms with van der Waals surface area (Å²) in [5.41, 5.74) is -0.204. The third kappa shape index (κ3) is 6.88. The Hall–Kier alpha value is -1.26. The first-order chi connectivity index (χ1) is 13.8. The minimum atomic E-state index is -3.62. The van der Waals surface area contributed by atoms with Gasteiger partial charge in [0.1, 0.15) is 11.4 Å². The molecule has 170 valence electrons. The van der Waals surface area contributed by atoms with Gasteiger partial charge in [-0.3, -0.25) is 4.18 Å². The van der Waals surface area contributed by atoms with Crippen LogP contribution in [0.3, 0.4) is 0 Å². The predicted molar refractivity (Wildman–Crippen MR) is 114 cm³/mol. The summed E-state index contributed by atoms with van der Waals surface area (Å²) in [5, 5.41) is 0.546. The standard InChI is InChI=1S/C19H27Cl2NO7S/c1-19(2,3)29-18(23)22-9-12(10-28-30(5,24)25)8-14(22)16-15(27-11-26-4)7-6-13(20)17(16)21/h6-7,12,14H,8-11H2,1-5H3/t12?,14-/m1/s1. The van der Waals surface area contributed by atoms with Gasteiger partial charge in [0.15, 0.2) is 6.79 Å². The SMILES string of the molecule is COCOc1ccc(Cl)c(Cl)c1[C@H]1CC(COS(C)(=O)=O)CN1C(=O)OC(C)(C)C. The monoisotopic (exact) mass is 483 g/mol. The normalized spacial score (nSPS) is 19.8. The molecule has 1 unspecified atom stereocenters. The van der Waals surface area contributed by atoms with Crippen LogP contribution in [0.15, 0.2) is 12.1 Å². The topological polar surface area (TPSA) is 91.4 Å². The highest BCUT2D eigenvalue weighted by Crippen LogP contribution is 2.46. The average molecular weight is 484 g/mol. The summed E-state index contributed by atoms with van der Waals surface area (Å²) in [5.74, 6) is 0.150. The number of hydrogen-bond donors (Lipinski definition) is 0. The number of ether oxygens (including phenoxy) is 3. The van der Waals surface area contributed by atoms with Gasteiger partial charge in [0.2, 0.25) is 0 Å². The molecule has 0 spiro atoms. The molecule has 1 aromatic carbocycles.